The summed E-state index contributed by atoms with van der Waals surface area (Å²) in [5, 5.41) is 0.976. The number of ether oxygens (including phenoxy) is 2. The number of anilines is 2. The SMILES string of the molecule is CCOC(=O)c1cnc2ccccc2c1N1CCN(c2ccccc2OC)CC1. The number of hydrogen-bond donors (Lipinski definition) is 0. The lowest BCUT2D eigenvalue weighted by Crippen LogP contribution is -2.47. The lowest BCUT2D eigenvalue weighted by atomic mass is 10.1. The van der Waals surface area contributed by atoms with Crippen molar-refractivity contribution in [1.29, 1.82) is 0 Å². The van der Waals surface area contributed by atoms with Gasteiger partial charge in [0.25, 0.3) is 0 Å². The number of pyridine rings is 1. The van der Waals surface area contributed by atoms with Gasteiger partial charge in [0.1, 0.15) is 11.3 Å². The van der Waals surface area contributed by atoms with Crippen LogP contribution in [0.4, 0.5) is 11.4 Å². The van der Waals surface area contributed by atoms with Gasteiger partial charge in [-0.25, -0.2) is 4.79 Å². The third-order valence-corrected chi connectivity index (χ3v) is 5.26. The molecule has 0 N–H and O–H groups in total. The second-order valence-electron chi connectivity index (χ2n) is 6.90. The van der Waals surface area contributed by atoms with Gasteiger partial charge in [0.05, 0.1) is 30.6 Å². The number of esters is 1. The van der Waals surface area contributed by atoms with E-state index in [9.17, 15) is 4.79 Å². The summed E-state index contributed by atoms with van der Waals surface area (Å²) in [5.41, 5.74) is 3.41. The largest absolute Gasteiger partial charge is 0.495 e. The highest BCUT2D eigenvalue weighted by Gasteiger charge is 2.25. The fourth-order valence-electron chi connectivity index (χ4n) is 3.89. The number of benzene rings is 2. The van der Waals surface area contributed by atoms with E-state index in [-0.39, 0.29) is 5.97 Å². The third-order valence-electron chi connectivity index (χ3n) is 5.26. The van der Waals surface area contributed by atoms with Crippen molar-refractivity contribution < 1.29 is 14.3 Å². The number of fused-ring (bicyclic) bond motifs is 1. The van der Waals surface area contributed by atoms with E-state index in [2.05, 4.69) is 20.9 Å². The van der Waals surface area contributed by atoms with E-state index >= 15 is 0 Å². The van der Waals surface area contributed by atoms with Crippen LogP contribution in [0.1, 0.15) is 17.3 Å². The third kappa shape index (κ3) is 3.70. The van der Waals surface area contributed by atoms with E-state index in [1.807, 2.05) is 49.4 Å². The van der Waals surface area contributed by atoms with Crippen molar-refractivity contribution in [3.63, 3.8) is 0 Å². The van der Waals surface area contributed by atoms with Gasteiger partial charge in [0, 0.05) is 37.8 Å². The molecular weight excluding hydrogens is 366 g/mol. The Morgan fingerprint density at radius 2 is 1.69 bits per heavy atom. The van der Waals surface area contributed by atoms with Gasteiger partial charge in [-0.2, -0.15) is 0 Å². The van der Waals surface area contributed by atoms with Crippen LogP contribution in [0.25, 0.3) is 10.9 Å². The van der Waals surface area contributed by atoms with Crippen LogP contribution >= 0.6 is 0 Å². The first-order valence-corrected chi connectivity index (χ1v) is 9.90. The summed E-state index contributed by atoms with van der Waals surface area (Å²) < 4.78 is 10.8. The second-order valence-corrected chi connectivity index (χ2v) is 6.90. The van der Waals surface area contributed by atoms with Crippen LogP contribution in [0, 0.1) is 0 Å². The Kier molecular flexibility index (Phi) is 5.51. The highest BCUT2D eigenvalue weighted by atomic mass is 16.5. The van der Waals surface area contributed by atoms with Crippen molar-refractivity contribution in [2.75, 3.05) is 49.7 Å². The predicted molar refractivity (Wildman–Crippen MR) is 115 cm³/mol. The van der Waals surface area contributed by atoms with E-state index in [1.165, 1.54) is 0 Å². The molecule has 1 aliphatic heterocycles. The Labute approximate surface area is 170 Å². The zero-order valence-electron chi connectivity index (χ0n) is 16.8. The molecule has 29 heavy (non-hydrogen) atoms. The Balaban J connectivity index is 1.65. The monoisotopic (exact) mass is 391 g/mol. The summed E-state index contributed by atoms with van der Waals surface area (Å²) in [6.07, 6.45) is 1.64. The maximum Gasteiger partial charge on any atom is 0.341 e. The van der Waals surface area contributed by atoms with Crippen LogP contribution in [0.2, 0.25) is 0 Å². The molecule has 0 aliphatic carbocycles. The van der Waals surface area contributed by atoms with Crippen molar-refractivity contribution in [2.24, 2.45) is 0 Å². The van der Waals surface area contributed by atoms with Crippen LogP contribution in [0.15, 0.2) is 54.7 Å². The van der Waals surface area contributed by atoms with Crippen molar-refractivity contribution >= 4 is 28.2 Å². The molecule has 3 aromatic rings. The smallest absolute Gasteiger partial charge is 0.341 e. The van der Waals surface area contributed by atoms with Gasteiger partial charge in [0.15, 0.2) is 0 Å². The van der Waals surface area contributed by atoms with Crippen LogP contribution in [0.3, 0.4) is 0 Å². The van der Waals surface area contributed by atoms with Gasteiger partial charge in [-0.15, -0.1) is 0 Å². The Morgan fingerprint density at radius 3 is 2.45 bits per heavy atom. The zero-order chi connectivity index (χ0) is 20.2. The van der Waals surface area contributed by atoms with E-state index in [0.717, 1.165) is 54.2 Å². The number of carbonyl (C=O) groups is 1. The Bertz CT molecular complexity index is 1010. The van der Waals surface area contributed by atoms with Crippen molar-refractivity contribution in [3.05, 3.63) is 60.3 Å². The summed E-state index contributed by atoms with van der Waals surface area (Å²) in [4.78, 5) is 21.7. The first-order valence-electron chi connectivity index (χ1n) is 9.90. The van der Waals surface area contributed by atoms with Gasteiger partial charge in [0.2, 0.25) is 0 Å². The fraction of sp³-hybridized carbons (Fsp3) is 0.304. The molecule has 6 nitrogen and oxygen atoms in total. The van der Waals surface area contributed by atoms with Crippen molar-refractivity contribution in [1.82, 2.24) is 4.98 Å². The number of hydrogen-bond acceptors (Lipinski definition) is 6. The lowest BCUT2D eigenvalue weighted by Gasteiger charge is -2.38. The maximum atomic E-state index is 12.6. The molecule has 4 rings (SSSR count). The normalized spacial score (nSPS) is 14.1. The zero-order valence-corrected chi connectivity index (χ0v) is 16.8. The van der Waals surface area contributed by atoms with E-state index < -0.39 is 0 Å². The number of piperazine rings is 1. The van der Waals surface area contributed by atoms with Crippen LogP contribution in [0.5, 0.6) is 5.75 Å². The van der Waals surface area contributed by atoms with Crippen LogP contribution in [-0.4, -0.2) is 50.8 Å². The summed E-state index contributed by atoms with van der Waals surface area (Å²) >= 11 is 0. The van der Waals surface area contributed by atoms with Gasteiger partial charge < -0.3 is 19.3 Å². The Hall–Kier alpha value is -3.28. The molecule has 0 radical (unpaired) electrons. The molecule has 0 spiro atoms. The quantitative estimate of drug-likeness (QED) is 0.618. The molecule has 150 valence electrons. The number of carbonyl (C=O) groups excluding carboxylic acids is 1. The molecule has 0 atom stereocenters. The predicted octanol–water partition coefficient (Wildman–Crippen LogP) is 3.75. The minimum absolute atomic E-state index is 0.326. The number of aromatic nitrogens is 1. The van der Waals surface area contributed by atoms with Crippen molar-refractivity contribution in [3.8, 4) is 5.75 Å². The second kappa shape index (κ2) is 8.39. The van der Waals surface area contributed by atoms with Crippen LogP contribution < -0.4 is 14.5 Å². The average Bonchev–Trinajstić information content (AvgIpc) is 2.78. The summed E-state index contributed by atoms with van der Waals surface area (Å²) in [6, 6.07) is 16.0. The molecule has 0 bridgehead atoms. The molecule has 1 aromatic heterocycles. The highest BCUT2D eigenvalue weighted by molar-refractivity contribution is 6.05. The number of para-hydroxylation sites is 3. The van der Waals surface area contributed by atoms with Gasteiger partial charge in [-0.1, -0.05) is 30.3 Å². The number of methoxy groups -OCH3 is 1. The lowest BCUT2D eigenvalue weighted by molar-refractivity contribution is 0.0527. The summed E-state index contributed by atoms with van der Waals surface area (Å²) in [6.45, 7) is 5.40. The molecule has 1 aliphatic rings. The fourth-order valence-corrected chi connectivity index (χ4v) is 3.89. The maximum absolute atomic E-state index is 12.6. The highest BCUT2D eigenvalue weighted by Crippen LogP contribution is 2.33. The standard InChI is InChI=1S/C23H25N3O3/c1-3-29-23(27)18-16-24-19-9-5-4-8-17(19)22(18)26-14-12-25(13-15-26)20-10-6-7-11-21(20)28-2/h4-11,16H,3,12-15H2,1-2H3. The summed E-state index contributed by atoms with van der Waals surface area (Å²) in [5.74, 6) is 0.551. The topological polar surface area (TPSA) is 54.9 Å². The summed E-state index contributed by atoms with van der Waals surface area (Å²) in [7, 11) is 1.70. The molecule has 2 heterocycles. The van der Waals surface area contributed by atoms with E-state index in [0.29, 0.717) is 12.2 Å². The number of rotatable bonds is 5. The van der Waals surface area contributed by atoms with Gasteiger partial charge in [-0.3, -0.25) is 4.98 Å². The molecule has 1 fully saturated rings. The molecule has 0 amide bonds. The van der Waals surface area contributed by atoms with E-state index in [1.54, 1.807) is 13.3 Å². The van der Waals surface area contributed by atoms with E-state index in [4.69, 9.17) is 9.47 Å². The molecular formula is C23H25N3O3. The van der Waals surface area contributed by atoms with Gasteiger partial charge in [-0.05, 0) is 25.1 Å². The minimum Gasteiger partial charge on any atom is -0.495 e. The van der Waals surface area contributed by atoms with Crippen LogP contribution in [-0.2, 0) is 4.74 Å². The Morgan fingerprint density at radius 1 is 1.00 bits per heavy atom. The molecule has 2 aromatic carbocycles. The number of nitrogens with zero attached hydrogens (tertiary/aromatic N) is 3. The molecule has 6 heteroatoms. The van der Waals surface area contributed by atoms with Gasteiger partial charge >= 0.3 is 5.97 Å². The first-order chi connectivity index (χ1) is 14.2. The molecule has 0 saturated carbocycles. The minimum atomic E-state index is -0.326. The first kappa shape index (κ1) is 19.1. The average molecular weight is 391 g/mol. The molecule has 1 saturated heterocycles. The molecule has 0 unspecified atom stereocenters. The van der Waals surface area contributed by atoms with Crippen molar-refractivity contribution in [2.45, 2.75) is 6.92 Å².